The molecular formula is C28H33ClN6O4. The summed E-state index contributed by atoms with van der Waals surface area (Å²) in [5.74, 6) is 1.66. The summed E-state index contributed by atoms with van der Waals surface area (Å²) in [5, 5.41) is 21.7. The second-order valence-electron chi connectivity index (χ2n) is 10.2. The third kappa shape index (κ3) is 6.22. The molecule has 206 valence electrons. The summed E-state index contributed by atoms with van der Waals surface area (Å²) in [6, 6.07) is 12.4. The van der Waals surface area contributed by atoms with E-state index < -0.39 is 17.7 Å². The lowest BCUT2D eigenvalue weighted by molar-refractivity contribution is -0.121. The van der Waals surface area contributed by atoms with Crippen LogP contribution in [0.5, 0.6) is 5.75 Å². The molecule has 0 aliphatic carbocycles. The van der Waals surface area contributed by atoms with Crippen molar-refractivity contribution in [1.82, 2.24) is 25.0 Å². The first-order chi connectivity index (χ1) is 18.5. The van der Waals surface area contributed by atoms with Crippen molar-refractivity contribution < 1.29 is 19.4 Å². The summed E-state index contributed by atoms with van der Waals surface area (Å²) in [5.41, 5.74) is 2.49. The average Bonchev–Trinajstić information content (AvgIpc) is 3.19. The van der Waals surface area contributed by atoms with E-state index in [1.54, 1.807) is 12.1 Å². The molecule has 11 heteroatoms. The van der Waals surface area contributed by atoms with Crippen LogP contribution in [0.25, 0.3) is 5.69 Å². The molecule has 0 saturated heterocycles. The molecule has 1 aliphatic heterocycles. The Morgan fingerprint density at radius 3 is 2.51 bits per heavy atom. The molecule has 4 rings (SSSR count). The molecule has 1 atom stereocenters. The topological polar surface area (TPSA) is 122 Å². The van der Waals surface area contributed by atoms with Gasteiger partial charge in [-0.15, -0.1) is 10.2 Å². The van der Waals surface area contributed by atoms with Gasteiger partial charge in [-0.2, -0.15) is 0 Å². The molecule has 2 aromatic carbocycles. The van der Waals surface area contributed by atoms with E-state index >= 15 is 0 Å². The number of aryl methyl sites for hydroxylation is 1. The highest BCUT2D eigenvalue weighted by molar-refractivity contribution is 6.30. The number of amides is 2. The molecule has 2 amide bonds. The normalized spacial score (nSPS) is 14.5. The lowest BCUT2D eigenvalue weighted by Gasteiger charge is -2.33. The molecule has 0 unspecified atom stereocenters. The Hall–Kier alpha value is -3.92. The van der Waals surface area contributed by atoms with E-state index in [-0.39, 0.29) is 25.5 Å². The van der Waals surface area contributed by atoms with Crippen LogP contribution >= 0.6 is 11.6 Å². The van der Waals surface area contributed by atoms with Crippen molar-refractivity contribution in [2.24, 2.45) is 4.99 Å². The van der Waals surface area contributed by atoms with Gasteiger partial charge in [-0.25, -0.2) is 4.79 Å². The quantitative estimate of drug-likeness (QED) is 0.414. The Kier molecular flexibility index (Phi) is 8.25. The van der Waals surface area contributed by atoms with E-state index in [0.717, 1.165) is 16.8 Å². The van der Waals surface area contributed by atoms with Crippen LogP contribution < -0.4 is 10.1 Å². The van der Waals surface area contributed by atoms with Gasteiger partial charge < -0.3 is 20.1 Å². The smallest absolute Gasteiger partial charge is 0.407 e. The van der Waals surface area contributed by atoms with Crippen molar-refractivity contribution in [1.29, 1.82) is 0 Å². The van der Waals surface area contributed by atoms with Gasteiger partial charge in [0.2, 0.25) is 5.91 Å². The highest BCUT2D eigenvalue weighted by atomic mass is 35.5. The maximum absolute atomic E-state index is 12.6. The monoisotopic (exact) mass is 552 g/mol. The number of hydrogen-bond donors (Lipinski definition) is 2. The first-order valence-electron chi connectivity index (χ1n) is 12.8. The predicted octanol–water partition coefficient (Wildman–Crippen LogP) is 4.80. The second kappa shape index (κ2) is 11.4. The summed E-state index contributed by atoms with van der Waals surface area (Å²) in [4.78, 5) is 30.7. The average molecular weight is 553 g/mol. The highest BCUT2D eigenvalue weighted by Crippen LogP contribution is 2.34. The van der Waals surface area contributed by atoms with Gasteiger partial charge in [0.1, 0.15) is 24.2 Å². The standard InChI is InChI=1S/C28H33ClN6O4/c1-6-30-24(36)16-22-26-33-32-17(2)35(26)23-12-11-20(39-14-13-34(27(37)38)28(3,4)5)15-21(23)25(31-22)18-7-9-19(29)10-8-18/h7-12,15,22H,6,13-14,16H2,1-5H3,(H,30,36)(H,37,38)/t22-/m0/s1. The van der Waals surface area contributed by atoms with Gasteiger partial charge >= 0.3 is 6.09 Å². The van der Waals surface area contributed by atoms with Gasteiger partial charge in [0.05, 0.1) is 24.4 Å². The Bertz CT molecular complexity index is 1390. The maximum Gasteiger partial charge on any atom is 0.407 e. The van der Waals surface area contributed by atoms with Crippen molar-refractivity contribution in [3.8, 4) is 11.4 Å². The molecule has 39 heavy (non-hydrogen) atoms. The number of hydrogen-bond acceptors (Lipinski definition) is 6. The SMILES string of the molecule is CCNC(=O)C[C@@H]1N=C(c2ccc(Cl)cc2)c2cc(OCCN(C(=O)O)C(C)(C)C)ccc2-n2c(C)nnc21. The van der Waals surface area contributed by atoms with E-state index in [0.29, 0.717) is 34.7 Å². The minimum atomic E-state index is -1.00. The Morgan fingerprint density at radius 2 is 1.87 bits per heavy atom. The molecule has 1 aromatic heterocycles. The van der Waals surface area contributed by atoms with Crippen molar-refractivity contribution in [2.45, 2.75) is 52.6 Å². The first-order valence-corrected chi connectivity index (χ1v) is 13.2. The zero-order valence-electron chi connectivity index (χ0n) is 22.7. The zero-order chi connectivity index (χ0) is 28.3. The summed E-state index contributed by atoms with van der Waals surface area (Å²) >= 11 is 6.17. The Labute approximate surface area is 232 Å². The number of halogens is 1. The molecule has 2 heterocycles. The number of rotatable bonds is 8. The number of carbonyl (C=O) groups excluding carboxylic acids is 1. The van der Waals surface area contributed by atoms with Crippen molar-refractivity contribution >= 4 is 29.3 Å². The maximum atomic E-state index is 12.6. The van der Waals surface area contributed by atoms with E-state index in [1.165, 1.54) is 4.90 Å². The number of benzene rings is 2. The number of ether oxygens (including phenoxy) is 1. The molecule has 0 spiro atoms. The number of carboxylic acid groups (broad SMARTS) is 1. The van der Waals surface area contributed by atoms with Crippen LogP contribution in [0.1, 0.15) is 62.9 Å². The third-order valence-electron chi connectivity index (χ3n) is 6.39. The van der Waals surface area contributed by atoms with Crippen LogP contribution in [0, 0.1) is 6.92 Å². The van der Waals surface area contributed by atoms with Gasteiger partial charge in [0.25, 0.3) is 0 Å². The van der Waals surface area contributed by atoms with Crippen molar-refractivity contribution in [2.75, 3.05) is 19.7 Å². The number of aliphatic imine (C=N–C) groups is 1. The fraction of sp³-hybridized carbons (Fsp3) is 0.393. The molecule has 0 radical (unpaired) electrons. The van der Waals surface area contributed by atoms with Crippen LogP contribution in [0.15, 0.2) is 47.5 Å². The van der Waals surface area contributed by atoms with Crippen LogP contribution in [-0.2, 0) is 4.79 Å². The predicted molar refractivity (Wildman–Crippen MR) is 149 cm³/mol. The van der Waals surface area contributed by atoms with Gasteiger partial charge in [0.15, 0.2) is 5.82 Å². The molecule has 10 nitrogen and oxygen atoms in total. The van der Waals surface area contributed by atoms with Crippen molar-refractivity contribution in [3.63, 3.8) is 0 Å². The largest absolute Gasteiger partial charge is 0.492 e. The number of aromatic nitrogens is 3. The van der Waals surface area contributed by atoms with E-state index in [1.807, 2.05) is 69.5 Å². The number of nitrogens with zero attached hydrogens (tertiary/aromatic N) is 5. The van der Waals surface area contributed by atoms with E-state index in [9.17, 15) is 14.7 Å². The number of carbonyl (C=O) groups is 2. The molecule has 3 aromatic rings. The summed E-state index contributed by atoms with van der Waals surface area (Å²) < 4.78 is 7.95. The molecule has 1 aliphatic rings. The fourth-order valence-corrected chi connectivity index (χ4v) is 4.68. The number of nitrogens with one attached hydrogen (secondary N) is 1. The summed E-state index contributed by atoms with van der Waals surface area (Å²) in [6.45, 7) is 10.1. The van der Waals surface area contributed by atoms with Crippen LogP contribution in [0.4, 0.5) is 4.79 Å². The summed E-state index contributed by atoms with van der Waals surface area (Å²) in [6.07, 6.45) is -0.892. The molecule has 0 bridgehead atoms. The fourth-order valence-electron chi connectivity index (χ4n) is 4.56. The lowest BCUT2D eigenvalue weighted by atomic mass is 10.00. The summed E-state index contributed by atoms with van der Waals surface area (Å²) in [7, 11) is 0. The lowest BCUT2D eigenvalue weighted by Crippen LogP contribution is -2.46. The molecular weight excluding hydrogens is 520 g/mol. The molecule has 0 saturated carbocycles. The Morgan fingerprint density at radius 1 is 1.15 bits per heavy atom. The van der Waals surface area contributed by atoms with E-state index in [2.05, 4.69) is 15.5 Å². The third-order valence-corrected chi connectivity index (χ3v) is 6.64. The van der Waals surface area contributed by atoms with Gasteiger partial charge in [-0.1, -0.05) is 23.7 Å². The van der Waals surface area contributed by atoms with Gasteiger partial charge in [-0.3, -0.25) is 14.4 Å². The molecule has 2 N–H and O–H groups in total. The van der Waals surface area contributed by atoms with E-state index in [4.69, 9.17) is 21.3 Å². The minimum Gasteiger partial charge on any atom is -0.492 e. The second-order valence-corrected chi connectivity index (χ2v) is 10.7. The van der Waals surface area contributed by atoms with Crippen molar-refractivity contribution in [3.05, 3.63) is 70.3 Å². The number of fused-ring (bicyclic) bond motifs is 3. The Balaban J connectivity index is 1.77. The van der Waals surface area contributed by atoms with Crippen LogP contribution in [0.2, 0.25) is 5.02 Å². The zero-order valence-corrected chi connectivity index (χ0v) is 23.5. The highest BCUT2D eigenvalue weighted by Gasteiger charge is 2.30. The van der Waals surface area contributed by atoms with Crippen LogP contribution in [-0.4, -0.2) is 67.7 Å². The van der Waals surface area contributed by atoms with Crippen LogP contribution in [0.3, 0.4) is 0 Å². The minimum absolute atomic E-state index is 0.109. The molecule has 0 fully saturated rings. The van der Waals surface area contributed by atoms with Gasteiger partial charge in [0, 0.05) is 28.2 Å². The van der Waals surface area contributed by atoms with Gasteiger partial charge in [-0.05, 0) is 65.0 Å². The first kappa shape index (κ1) is 28.1.